The van der Waals surface area contributed by atoms with Crippen LogP contribution in [0.5, 0.6) is 0 Å². The second kappa shape index (κ2) is 4.59. The van der Waals surface area contributed by atoms with E-state index in [1.165, 1.54) is 51.8 Å². The molecule has 0 saturated heterocycles. The summed E-state index contributed by atoms with van der Waals surface area (Å²) in [6.45, 7) is 6.74. The molecule has 0 N–H and O–H groups in total. The van der Waals surface area contributed by atoms with E-state index in [1.807, 2.05) is 0 Å². The molecule has 21 heavy (non-hydrogen) atoms. The van der Waals surface area contributed by atoms with E-state index >= 15 is 0 Å². The van der Waals surface area contributed by atoms with E-state index in [0.29, 0.717) is 0 Å². The third-order valence-corrected chi connectivity index (χ3v) is 5.13. The Morgan fingerprint density at radius 1 is 0.905 bits per heavy atom. The summed E-state index contributed by atoms with van der Waals surface area (Å²) in [4.78, 5) is 0. The maximum atomic E-state index is 2.48. The molecule has 1 saturated carbocycles. The minimum Gasteiger partial charge on any atom is -0.0587 e. The van der Waals surface area contributed by atoms with Crippen LogP contribution < -0.4 is 0 Å². The number of fused-ring (bicyclic) bond motifs is 1. The minimum absolute atomic E-state index is 0.839. The monoisotopic (exact) mass is 274 g/mol. The van der Waals surface area contributed by atoms with Crippen molar-refractivity contribution in [3.05, 3.63) is 69.8 Å². The molecule has 0 atom stereocenters. The van der Waals surface area contributed by atoms with Gasteiger partial charge in [0.15, 0.2) is 0 Å². The number of allylic oxidation sites excluding steroid dienone is 2. The van der Waals surface area contributed by atoms with Crippen molar-refractivity contribution in [3.63, 3.8) is 0 Å². The van der Waals surface area contributed by atoms with Crippen molar-refractivity contribution >= 4 is 11.1 Å². The number of benzene rings is 2. The predicted molar refractivity (Wildman–Crippen MR) is 90.5 cm³/mol. The van der Waals surface area contributed by atoms with Gasteiger partial charge in [0.2, 0.25) is 0 Å². The van der Waals surface area contributed by atoms with Crippen LogP contribution in [0.15, 0.2) is 36.4 Å². The number of rotatable bonds is 2. The lowest BCUT2D eigenvalue weighted by atomic mass is 9.96. The Balaban J connectivity index is 1.79. The summed E-state index contributed by atoms with van der Waals surface area (Å²) in [6.07, 6.45) is 3.86. The molecule has 2 aromatic rings. The van der Waals surface area contributed by atoms with Gasteiger partial charge in [0.25, 0.3) is 0 Å². The summed E-state index contributed by atoms with van der Waals surface area (Å²) < 4.78 is 0. The van der Waals surface area contributed by atoms with Crippen molar-refractivity contribution in [2.75, 3.05) is 0 Å². The van der Waals surface area contributed by atoms with Gasteiger partial charge >= 0.3 is 0 Å². The first kappa shape index (κ1) is 12.9. The van der Waals surface area contributed by atoms with Crippen molar-refractivity contribution in [2.24, 2.45) is 0 Å². The number of hydrogen-bond donors (Lipinski definition) is 0. The Kier molecular flexibility index (Phi) is 2.82. The largest absolute Gasteiger partial charge is 0.0587 e. The molecule has 2 aliphatic carbocycles. The van der Waals surface area contributed by atoms with Crippen LogP contribution in [-0.2, 0) is 6.42 Å². The molecule has 0 aliphatic heterocycles. The first-order valence-corrected chi connectivity index (χ1v) is 8.04. The molecule has 0 spiro atoms. The zero-order valence-corrected chi connectivity index (χ0v) is 13.2. The highest BCUT2D eigenvalue weighted by atomic mass is 14.3. The first-order chi connectivity index (χ1) is 10.1. The van der Waals surface area contributed by atoms with E-state index in [-0.39, 0.29) is 0 Å². The lowest BCUT2D eigenvalue weighted by Gasteiger charge is -2.09. The molecule has 106 valence electrons. The lowest BCUT2D eigenvalue weighted by Crippen LogP contribution is -1.92. The Bertz CT molecular complexity index is 740. The van der Waals surface area contributed by atoms with Gasteiger partial charge in [0.1, 0.15) is 0 Å². The van der Waals surface area contributed by atoms with E-state index in [0.717, 1.165) is 12.3 Å². The van der Waals surface area contributed by atoms with Crippen molar-refractivity contribution in [3.8, 4) is 0 Å². The molecular formula is C21H22. The molecule has 0 nitrogen and oxygen atoms in total. The molecule has 0 heteroatoms. The molecule has 0 heterocycles. The van der Waals surface area contributed by atoms with E-state index < -0.39 is 0 Å². The van der Waals surface area contributed by atoms with Gasteiger partial charge in [-0.1, -0.05) is 42.0 Å². The van der Waals surface area contributed by atoms with Crippen molar-refractivity contribution < 1.29 is 0 Å². The average Bonchev–Trinajstić information content (AvgIpc) is 3.25. The minimum atomic E-state index is 0.839. The highest BCUT2D eigenvalue weighted by molar-refractivity contribution is 5.96. The zero-order chi connectivity index (χ0) is 14.6. The second-order valence-corrected chi connectivity index (χ2v) is 6.79. The van der Waals surface area contributed by atoms with Gasteiger partial charge < -0.3 is 0 Å². The smallest absolute Gasteiger partial charge is 0.00108 e. The van der Waals surface area contributed by atoms with Crippen LogP contribution in [0, 0.1) is 13.8 Å². The maximum absolute atomic E-state index is 2.48. The van der Waals surface area contributed by atoms with Gasteiger partial charge in [-0.15, -0.1) is 0 Å². The predicted octanol–water partition coefficient (Wildman–Crippen LogP) is 5.67. The van der Waals surface area contributed by atoms with Crippen LogP contribution in [0.3, 0.4) is 0 Å². The lowest BCUT2D eigenvalue weighted by molar-refractivity contribution is 1.09. The first-order valence-electron chi connectivity index (χ1n) is 8.04. The SMILES string of the molecule is CC1=C(c2ccc(C)cc2)Cc2cc(C)c(C3CC3)cc21. The highest BCUT2D eigenvalue weighted by Crippen LogP contribution is 2.46. The van der Waals surface area contributed by atoms with Gasteiger partial charge in [0.05, 0.1) is 0 Å². The summed E-state index contributed by atoms with van der Waals surface area (Å²) in [6, 6.07) is 13.9. The second-order valence-electron chi connectivity index (χ2n) is 6.79. The molecule has 0 bridgehead atoms. The fourth-order valence-electron chi connectivity index (χ4n) is 3.67. The molecule has 0 aromatic heterocycles. The van der Waals surface area contributed by atoms with E-state index in [4.69, 9.17) is 0 Å². The summed E-state index contributed by atoms with van der Waals surface area (Å²) in [7, 11) is 0. The van der Waals surface area contributed by atoms with E-state index in [9.17, 15) is 0 Å². The van der Waals surface area contributed by atoms with Crippen LogP contribution in [0.1, 0.15) is 59.1 Å². The number of hydrogen-bond acceptors (Lipinski definition) is 0. The zero-order valence-electron chi connectivity index (χ0n) is 13.2. The van der Waals surface area contributed by atoms with Crippen molar-refractivity contribution in [2.45, 2.75) is 46.0 Å². The van der Waals surface area contributed by atoms with E-state index in [2.05, 4.69) is 57.2 Å². The van der Waals surface area contributed by atoms with Gasteiger partial charge in [-0.05, 0) is 84.9 Å². The third-order valence-electron chi connectivity index (χ3n) is 5.13. The topological polar surface area (TPSA) is 0 Å². The summed E-state index contributed by atoms with van der Waals surface area (Å²) in [5.74, 6) is 0.839. The molecule has 2 aliphatic rings. The van der Waals surface area contributed by atoms with Crippen LogP contribution in [0.2, 0.25) is 0 Å². The van der Waals surface area contributed by atoms with Gasteiger partial charge in [-0.25, -0.2) is 0 Å². The molecule has 1 fully saturated rings. The summed E-state index contributed by atoms with van der Waals surface area (Å²) >= 11 is 0. The van der Waals surface area contributed by atoms with Gasteiger partial charge in [-0.2, -0.15) is 0 Å². The fourth-order valence-corrected chi connectivity index (χ4v) is 3.67. The molecule has 0 radical (unpaired) electrons. The summed E-state index contributed by atoms with van der Waals surface area (Å²) in [5, 5.41) is 0. The Morgan fingerprint density at radius 2 is 1.62 bits per heavy atom. The molecule has 0 amide bonds. The molecular weight excluding hydrogens is 252 g/mol. The van der Waals surface area contributed by atoms with Crippen LogP contribution >= 0.6 is 0 Å². The Labute approximate surface area is 127 Å². The van der Waals surface area contributed by atoms with E-state index in [1.54, 1.807) is 5.56 Å². The summed E-state index contributed by atoms with van der Waals surface area (Å²) in [5.41, 5.74) is 11.8. The third kappa shape index (κ3) is 2.14. The Hall–Kier alpha value is -1.82. The quantitative estimate of drug-likeness (QED) is 0.662. The van der Waals surface area contributed by atoms with Crippen molar-refractivity contribution in [1.29, 1.82) is 0 Å². The van der Waals surface area contributed by atoms with Crippen LogP contribution in [0.4, 0.5) is 0 Å². The highest BCUT2D eigenvalue weighted by Gasteiger charge is 2.28. The van der Waals surface area contributed by atoms with Crippen LogP contribution in [0.25, 0.3) is 11.1 Å². The molecule has 4 rings (SSSR count). The Morgan fingerprint density at radius 3 is 2.29 bits per heavy atom. The standard InChI is InChI=1S/C21H22/c1-13-4-6-17(7-5-13)20-11-18-10-14(2)19(16-8-9-16)12-21(18)15(20)3/h4-7,10,12,16H,8-9,11H2,1-3H3. The van der Waals surface area contributed by atoms with Gasteiger partial charge in [0, 0.05) is 0 Å². The van der Waals surface area contributed by atoms with Crippen LogP contribution in [-0.4, -0.2) is 0 Å². The molecule has 2 aromatic carbocycles. The average molecular weight is 274 g/mol. The number of aryl methyl sites for hydroxylation is 2. The maximum Gasteiger partial charge on any atom is -0.00108 e. The van der Waals surface area contributed by atoms with Gasteiger partial charge in [-0.3, -0.25) is 0 Å². The molecule has 0 unspecified atom stereocenters. The fraction of sp³-hybridized carbons (Fsp3) is 0.333. The normalized spacial score (nSPS) is 17.3. The van der Waals surface area contributed by atoms with Crippen molar-refractivity contribution in [1.82, 2.24) is 0 Å².